The molecule has 2 aliphatic heterocycles. The highest BCUT2D eigenvalue weighted by atomic mass is 35.5. The Kier molecular flexibility index (Phi) is 3.28. The van der Waals surface area contributed by atoms with Gasteiger partial charge < -0.3 is 14.2 Å². The third kappa shape index (κ3) is 2.66. The molecule has 2 heterocycles. The van der Waals surface area contributed by atoms with Crippen LogP contribution in [0.15, 0.2) is 53.2 Å². The van der Waals surface area contributed by atoms with Crippen LogP contribution in [-0.2, 0) is 9.53 Å². The van der Waals surface area contributed by atoms with Crippen LogP contribution in [0.2, 0.25) is 5.02 Å². The smallest absolute Gasteiger partial charge is 0.363 e. The topological polar surface area (TPSA) is 57.1 Å². The highest BCUT2D eigenvalue weighted by Crippen LogP contribution is 2.33. The predicted molar refractivity (Wildman–Crippen MR) is 84.6 cm³/mol. The minimum Gasteiger partial charge on any atom is -0.454 e. The van der Waals surface area contributed by atoms with E-state index >= 15 is 0 Å². The first-order chi connectivity index (χ1) is 11.2. The quantitative estimate of drug-likeness (QED) is 0.626. The van der Waals surface area contributed by atoms with Crippen molar-refractivity contribution in [1.82, 2.24) is 0 Å². The number of ether oxygens (including phenoxy) is 3. The number of halogens is 1. The molecule has 6 heteroatoms. The summed E-state index contributed by atoms with van der Waals surface area (Å²) in [6.07, 6.45) is 1.63. The molecule has 4 rings (SSSR count). The fourth-order valence-corrected chi connectivity index (χ4v) is 2.52. The Morgan fingerprint density at radius 2 is 1.96 bits per heavy atom. The Bertz CT molecular complexity index is 873. The summed E-state index contributed by atoms with van der Waals surface area (Å²) in [5.74, 6) is 1.00. The molecule has 0 spiro atoms. The van der Waals surface area contributed by atoms with Crippen LogP contribution in [0.25, 0.3) is 6.08 Å². The lowest BCUT2D eigenvalue weighted by Gasteiger charge is -2.01. The minimum absolute atomic E-state index is 0.185. The highest BCUT2D eigenvalue weighted by Gasteiger charge is 2.25. The molecule has 0 fully saturated rings. The summed E-state index contributed by atoms with van der Waals surface area (Å²) in [6, 6.07) is 12.4. The molecule has 2 aromatic carbocycles. The molecule has 0 radical (unpaired) electrons. The van der Waals surface area contributed by atoms with Gasteiger partial charge in [0.05, 0.1) is 0 Å². The number of aliphatic imine (C=N–C) groups is 1. The number of carbonyl (C=O) groups is 1. The highest BCUT2D eigenvalue weighted by molar-refractivity contribution is 6.30. The van der Waals surface area contributed by atoms with Gasteiger partial charge in [0.1, 0.15) is 0 Å². The van der Waals surface area contributed by atoms with Gasteiger partial charge in [-0.15, -0.1) is 0 Å². The van der Waals surface area contributed by atoms with Crippen molar-refractivity contribution in [1.29, 1.82) is 0 Å². The van der Waals surface area contributed by atoms with E-state index in [4.69, 9.17) is 25.8 Å². The van der Waals surface area contributed by atoms with Gasteiger partial charge in [-0.25, -0.2) is 9.79 Å². The Labute approximate surface area is 136 Å². The molecule has 0 saturated carbocycles. The largest absolute Gasteiger partial charge is 0.454 e. The number of hydrogen-bond donors (Lipinski definition) is 0. The van der Waals surface area contributed by atoms with E-state index in [0.717, 1.165) is 5.56 Å². The van der Waals surface area contributed by atoms with E-state index in [1.54, 1.807) is 42.5 Å². The van der Waals surface area contributed by atoms with Gasteiger partial charge in [-0.3, -0.25) is 0 Å². The van der Waals surface area contributed by atoms with E-state index in [1.165, 1.54) is 0 Å². The van der Waals surface area contributed by atoms with E-state index in [1.807, 2.05) is 6.07 Å². The van der Waals surface area contributed by atoms with Crippen LogP contribution in [-0.4, -0.2) is 18.7 Å². The second-order valence-corrected chi connectivity index (χ2v) is 5.40. The zero-order valence-electron chi connectivity index (χ0n) is 11.8. The van der Waals surface area contributed by atoms with E-state index < -0.39 is 5.97 Å². The molecular weight excluding hydrogens is 318 g/mol. The Morgan fingerprint density at radius 3 is 2.83 bits per heavy atom. The molecule has 0 bridgehead atoms. The number of nitrogens with zero attached hydrogens (tertiary/aromatic N) is 1. The van der Waals surface area contributed by atoms with Crippen molar-refractivity contribution in [3.05, 3.63) is 64.3 Å². The van der Waals surface area contributed by atoms with Crippen LogP contribution in [0.1, 0.15) is 11.1 Å². The summed E-state index contributed by atoms with van der Waals surface area (Å²) in [5, 5.41) is 0.589. The summed E-state index contributed by atoms with van der Waals surface area (Å²) in [6.45, 7) is 0.185. The maximum atomic E-state index is 12.0. The zero-order valence-corrected chi connectivity index (χ0v) is 12.5. The molecule has 2 aromatic rings. The van der Waals surface area contributed by atoms with Gasteiger partial charge in [-0.1, -0.05) is 23.7 Å². The molecule has 114 valence electrons. The van der Waals surface area contributed by atoms with Crippen LogP contribution < -0.4 is 9.47 Å². The van der Waals surface area contributed by atoms with Gasteiger partial charge in [0.15, 0.2) is 17.2 Å². The fraction of sp³-hybridized carbons (Fsp3) is 0.0588. The van der Waals surface area contributed by atoms with Crippen LogP contribution in [0, 0.1) is 0 Å². The van der Waals surface area contributed by atoms with Crippen LogP contribution in [0.5, 0.6) is 11.5 Å². The van der Waals surface area contributed by atoms with Crippen molar-refractivity contribution in [2.24, 2.45) is 4.99 Å². The number of fused-ring (bicyclic) bond motifs is 1. The average molecular weight is 328 g/mol. The van der Waals surface area contributed by atoms with Crippen molar-refractivity contribution < 1.29 is 19.0 Å². The lowest BCUT2D eigenvalue weighted by Crippen LogP contribution is -2.05. The van der Waals surface area contributed by atoms with E-state index in [0.29, 0.717) is 22.1 Å². The maximum Gasteiger partial charge on any atom is 0.363 e. The zero-order chi connectivity index (χ0) is 15.8. The summed E-state index contributed by atoms with van der Waals surface area (Å²) in [5.41, 5.74) is 1.65. The second kappa shape index (κ2) is 5.44. The third-order valence-corrected chi connectivity index (χ3v) is 3.63. The SMILES string of the molecule is O=C1OC(c2ccc3c(c2)OCO3)=NC1=Cc1cccc(Cl)c1. The molecule has 2 aliphatic rings. The first-order valence-electron chi connectivity index (χ1n) is 6.87. The molecule has 0 aliphatic carbocycles. The summed E-state index contributed by atoms with van der Waals surface area (Å²) in [7, 11) is 0. The Balaban J connectivity index is 1.67. The van der Waals surface area contributed by atoms with Crippen LogP contribution in [0.4, 0.5) is 0 Å². The second-order valence-electron chi connectivity index (χ2n) is 4.96. The van der Waals surface area contributed by atoms with Gasteiger partial charge in [-0.2, -0.15) is 0 Å². The fourth-order valence-electron chi connectivity index (χ4n) is 2.32. The summed E-state index contributed by atoms with van der Waals surface area (Å²) >= 11 is 5.94. The molecular formula is C17H10ClNO4. The lowest BCUT2D eigenvalue weighted by atomic mass is 10.2. The van der Waals surface area contributed by atoms with Gasteiger partial charge >= 0.3 is 5.97 Å². The standard InChI is InChI=1S/C17H10ClNO4/c18-12-3-1-2-10(6-12)7-13-17(20)23-16(19-13)11-4-5-14-15(8-11)22-9-21-14/h1-8H,9H2. The van der Waals surface area contributed by atoms with E-state index in [9.17, 15) is 4.79 Å². The molecule has 5 nitrogen and oxygen atoms in total. The molecule has 0 unspecified atom stereocenters. The van der Waals surface area contributed by atoms with Crippen LogP contribution >= 0.6 is 11.6 Å². The average Bonchev–Trinajstić information content (AvgIpc) is 3.14. The monoisotopic (exact) mass is 327 g/mol. The van der Waals surface area contributed by atoms with Crippen molar-refractivity contribution >= 4 is 29.5 Å². The summed E-state index contributed by atoms with van der Waals surface area (Å²) < 4.78 is 15.8. The van der Waals surface area contributed by atoms with Crippen molar-refractivity contribution in [2.75, 3.05) is 6.79 Å². The number of carbonyl (C=O) groups excluding carboxylic acids is 1. The molecule has 0 amide bonds. The Hall–Kier alpha value is -2.79. The van der Waals surface area contributed by atoms with E-state index in [2.05, 4.69) is 4.99 Å². The molecule has 23 heavy (non-hydrogen) atoms. The van der Waals surface area contributed by atoms with Crippen LogP contribution in [0.3, 0.4) is 0 Å². The Morgan fingerprint density at radius 1 is 1.09 bits per heavy atom. The van der Waals surface area contributed by atoms with Gasteiger partial charge in [0.2, 0.25) is 12.7 Å². The van der Waals surface area contributed by atoms with Gasteiger partial charge in [-0.05, 0) is 42.0 Å². The lowest BCUT2D eigenvalue weighted by molar-refractivity contribution is -0.129. The number of rotatable bonds is 2. The maximum absolute atomic E-state index is 12.0. The third-order valence-electron chi connectivity index (χ3n) is 3.39. The van der Waals surface area contributed by atoms with Gasteiger partial charge in [0.25, 0.3) is 0 Å². The van der Waals surface area contributed by atoms with Crippen molar-refractivity contribution in [3.63, 3.8) is 0 Å². The van der Waals surface area contributed by atoms with E-state index in [-0.39, 0.29) is 18.4 Å². The number of hydrogen-bond acceptors (Lipinski definition) is 5. The normalized spacial score (nSPS) is 17.3. The number of esters is 1. The number of benzene rings is 2. The molecule has 0 saturated heterocycles. The minimum atomic E-state index is -0.502. The summed E-state index contributed by atoms with van der Waals surface area (Å²) in [4.78, 5) is 16.2. The van der Waals surface area contributed by atoms with Gasteiger partial charge in [0, 0.05) is 10.6 Å². The predicted octanol–water partition coefficient (Wildman–Crippen LogP) is 3.41. The van der Waals surface area contributed by atoms with Crippen molar-refractivity contribution in [3.8, 4) is 11.5 Å². The molecule has 0 aromatic heterocycles. The molecule has 0 N–H and O–H groups in total. The van der Waals surface area contributed by atoms with Crippen molar-refractivity contribution in [2.45, 2.75) is 0 Å². The molecule has 0 atom stereocenters. The first kappa shape index (κ1) is 13.8. The first-order valence-corrected chi connectivity index (χ1v) is 7.25. The number of cyclic esters (lactones) is 1.